The fourth-order valence-corrected chi connectivity index (χ4v) is 2.05. The van der Waals surface area contributed by atoms with Crippen LogP contribution in [0.4, 0.5) is 0 Å². The monoisotopic (exact) mass is 320 g/mol. The number of halogens is 1. The molecule has 1 amide bonds. The van der Waals surface area contributed by atoms with Crippen LogP contribution < -0.4 is 11.1 Å². The molecule has 0 saturated heterocycles. The third kappa shape index (κ3) is 3.35. The number of rotatable bonds is 3. The fraction of sp³-hybridized carbons (Fsp3) is 0.133. The molecule has 2 aromatic rings. The molecule has 22 heavy (non-hydrogen) atoms. The Kier molecular flexibility index (Phi) is 4.62. The van der Waals surface area contributed by atoms with Gasteiger partial charge < -0.3 is 9.52 Å². The molecule has 0 bridgehead atoms. The zero-order valence-corrected chi connectivity index (χ0v) is 12.6. The van der Waals surface area contributed by atoms with Crippen molar-refractivity contribution in [2.75, 3.05) is 0 Å². The molecule has 0 aliphatic heterocycles. The highest BCUT2D eigenvalue weighted by Gasteiger charge is 2.14. The average molecular weight is 321 g/mol. The second-order valence-corrected chi connectivity index (χ2v) is 4.93. The van der Waals surface area contributed by atoms with Gasteiger partial charge in [0.15, 0.2) is 0 Å². The van der Waals surface area contributed by atoms with Crippen molar-refractivity contribution in [3.05, 3.63) is 62.7 Å². The minimum absolute atomic E-state index is 0.106. The molecule has 1 heterocycles. The third-order valence-electron chi connectivity index (χ3n) is 2.86. The van der Waals surface area contributed by atoms with E-state index in [4.69, 9.17) is 16.0 Å². The summed E-state index contributed by atoms with van der Waals surface area (Å²) in [5.41, 5.74) is 1.81. The standard InChI is InChI=1S/C15H13ClN2O4/c1-8-7-12(19)13(15(21)22-8)9(2)17-18-14(20)10-5-3-4-6-11(10)16/h3-7,19H,1-2H3,(H,18,20)/b17-9+. The van der Waals surface area contributed by atoms with Crippen LogP contribution in [0.1, 0.15) is 28.6 Å². The van der Waals surface area contributed by atoms with Crippen LogP contribution >= 0.6 is 11.6 Å². The molecule has 0 radical (unpaired) electrons. The molecule has 2 rings (SSSR count). The van der Waals surface area contributed by atoms with Gasteiger partial charge in [0.05, 0.1) is 16.3 Å². The second kappa shape index (κ2) is 6.44. The molecule has 0 fully saturated rings. The predicted octanol–water partition coefficient (Wildman–Crippen LogP) is 2.46. The van der Waals surface area contributed by atoms with E-state index in [1.807, 2.05) is 0 Å². The lowest BCUT2D eigenvalue weighted by Gasteiger charge is -2.05. The number of carbonyl (C=O) groups excluding carboxylic acids is 1. The lowest BCUT2D eigenvalue weighted by atomic mass is 10.2. The number of nitrogens with one attached hydrogen (secondary N) is 1. The van der Waals surface area contributed by atoms with Crippen LogP contribution in [0.15, 0.2) is 44.6 Å². The van der Waals surface area contributed by atoms with Gasteiger partial charge in [-0.3, -0.25) is 4.79 Å². The van der Waals surface area contributed by atoms with E-state index in [1.165, 1.54) is 19.9 Å². The molecule has 0 saturated carbocycles. The first-order chi connectivity index (χ1) is 10.4. The Morgan fingerprint density at radius 2 is 2.05 bits per heavy atom. The van der Waals surface area contributed by atoms with Crippen molar-refractivity contribution >= 4 is 23.2 Å². The molecule has 0 atom stereocenters. The van der Waals surface area contributed by atoms with E-state index in [1.54, 1.807) is 24.3 Å². The smallest absolute Gasteiger partial charge is 0.348 e. The van der Waals surface area contributed by atoms with Gasteiger partial charge in [0, 0.05) is 6.07 Å². The Hall–Kier alpha value is -2.60. The van der Waals surface area contributed by atoms with Crippen molar-refractivity contribution in [3.8, 4) is 5.75 Å². The van der Waals surface area contributed by atoms with E-state index < -0.39 is 11.5 Å². The normalized spacial score (nSPS) is 11.3. The molecule has 0 spiro atoms. The number of amides is 1. The molecular formula is C15H13ClN2O4. The Morgan fingerprint density at radius 1 is 1.36 bits per heavy atom. The molecule has 7 heteroatoms. The summed E-state index contributed by atoms with van der Waals surface area (Å²) in [5, 5.41) is 13.9. The van der Waals surface area contributed by atoms with Gasteiger partial charge in [-0.2, -0.15) is 5.10 Å². The number of hydrazone groups is 1. The van der Waals surface area contributed by atoms with Gasteiger partial charge in [-0.05, 0) is 26.0 Å². The summed E-state index contributed by atoms with van der Waals surface area (Å²) in [7, 11) is 0. The first-order valence-corrected chi connectivity index (χ1v) is 6.71. The first-order valence-electron chi connectivity index (χ1n) is 6.33. The van der Waals surface area contributed by atoms with Gasteiger partial charge in [0.25, 0.3) is 5.91 Å². The predicted molar refractivity (Wildman–Crippen MR) is 82.5 cm³/mol. The zero-order valence-electron chi connectivity index (χ0n) is 11.9. The second-order valence-electron chi connectivity index (χ2n) is 4.52. The summed E-state index contributed by atoms with van der Waals surface area (Å²) in [5.74, 6) is -0.512. The maximum Gasteiger partial charge on any atom is 0.348 e. The molecule has 0 aliphatic rings. The molecule has 0 aliphatic carbocycles. The van der Waals surface area contributed by atoms with Crippen LogP contribution in [-0.2, 0) is 0 Å². The van der Waals surface area contributed by atoms with Crippen molar-refractivity contribution in [1.82, 2.24) is 5.43 Å². The quantitative estimate of drug-likeness (QED) is 0.671. The van der Waals surface area contributed by atoms with Gasteiger partial charge in [0.1, 0.15) is 17.1 Å². The third-order valence-corrected chi connectivity index (χ3v) is 3.19. The van der Waals surface area contributed by atoms with Crippen molar-refractivity contribution in [2.45, 2.75) is 13.8 Å². The van der Waals surface area contributed by atoms with Gasteiger partial charge in [-0.15, -0.1) is 0 Å². The summed E-state index contributed by atoms with van der Waals surface area (Å²) in [6.07, 6.45) is 0. The van der Waals surface area contributed by atoms with Crippen molar-refractivity contribution < 1.29 is 14.3 Å². The molecule has 2 N–H and O–H groups in total. The Bertz CT molecular complexity index is 811. The summed E-state index contributed by atoms with van der Waals surface area (Å²) in [6.45, 7) is 3.00. The van der Waals surface area contributed by atoms with E-state index in [9.17, 15) is 14.7 Å². The fourth-order valence-electron chi connectivity index (χ4n) is 1.83. The lowest BCUT2D eigenvalue weighted by molar-refractivity contribution is 0.0955. The van der Waals surface area contributed by atoms with Crippen molar-refractivity contribution in [2.24, 2.45) is 5.10 Å². The number of nitrogens with zero attached hydrogens (tertiary/aromatic N) is 1. The SMILES string of the molecule is C/C(=N\NC(=O)c1ccccc1Cl)c1c(O)cc(C)oc1=O. The molecule has 1 aromatic carbocycles. The highest BCUT2D eigenvalue weighted by atomic mass is 35.5. The molecule has 0 unspecified atom stereocenters. The van der Waals surface area contributed by atoms with Crippen molar-refractivity contribution in [3.63, 3.8) is 0 Å². The number of hydrogen-bond donors (Lipinski definition) is 2. The van der Waals surface area contributed by atoms with E-state index in [2.05, 4.69) is 10.5 Å². The number of carbonyl (C=O) groups is 1. The van der Waals surface area contributed by atoms with Crippen LogP contribution in [0, 0.1) is 6.92 Å². The zero-order chi connectivity index (χ0) is 16.3. The van der Waals surface area contributed by atoms with Crippen LogP contribution in [0.5, 0.6) is 5.75 Å². The molecule has 6 nitrogen and oxygen atoms in total. The Morgan fingerprint density at radius 3 is 2.68 bits per heavy atom. The minimum Gasteiger partial charge on any atom is -0.507 e. The molecule has 1 aromatic heterocycles. The number of hydrogen-bond acceptors (Lipinski definition) is 5. The van der Waals surface area contributed by atoms with Crippen LogP contribution in [0.3, 0.4) is 0 Å². The maximum atomic E-state index is 12.0. The van der Waals surface area contributed by atoms with Gasteiger partial charge in [-0.1, -0.05) is 23.7 Å². The van der Waals surface area contributed by atoms with Gasteiger partial charge in [-0.25, -0.2) is 10.2 Å². The van der Waals surface area contributed by atoms with Crippen LogP contribution in [-0.4, -0.2) is 16.7 Å². The van der Waals surface area contributed by atoms with E-state index >= 15 is 0 Å². The summed E-state index contributed by atoms with van der Waals surface area (Å²) in [4.78, 5) is 23.7. The van der Waals surface area contributed by atoms with Gasteiger partial charge >= 0.3 is 5.63 Å². The number of benzene rings is 1. The number of aryl methyl sites for hydroxylation is 1. The highest BCUT2D eigenvalue weighted by Crippen LogP contribution is 2.16. The lowest BCUT2D eigenvalue weighted by Crippen LogP contribution is -2.22. The summed E-state index contributed by atoms with van der Waals surface area (Å²) < 4.78 is 4.89. The van der Waals surface area contributed by atoms with Crippen LogP contribution in [0.25, 0.3) is 0 Å². The maximum absolute atomic E-state index is 12.0. The molecule has 114 valence electrons. The van der Waals surface area contributed by atoms with Crippen molar-refractivity contribution in [1.29, 1.82) is 0 Å². The summed E-state index contributed by atoms with van der Waals surface area (Å²) in [6, 6.07) is 7.78. The largest absolute Gasteiger partial charge is 0.507 e. The van der Waals surface area contributed by atoms with E-state index in [0.29, 0.717) is 0 Å². The Labute approximate surface area is 131 Å². The van der Waals surface area contributed by atoms with E-state index in [0.717, 1.165) is 0 Å². The summed E-state index contributed by atoms with van der Waals surface area (Å²) >= 11 is 5.90. The topological polar surface area (TPSA) is 91.9 Å². The molecular weight excluding hydrogens is 308 g/mol. The highest BCUT2D eigenvalue weighted by molar-refractivity contribution is 6.33. The average Bonchev–Trinajstić information content (AvgIpc) is 2.44. The van der Waals surface area contributed by atoms with Crippen LogP contribution in [0.2, 0.25) is 5.02 Å². The Balaban J connectivity index is 2.26. The first kappa shape index (κ1) is 15.8. The van der Waals surface area contributed by atoms with Gasteiger partial charge in [0.2, 0.25) is 0 Å². The number of aromatic hydroxyl groups is 1. The minimum atomic E-state index is -0.731. The van der Waals surface area contributed by atoms with E-state index in [-0.39, 0.29) is 33.4 Å².